The van der Waals surface area contributed by atoms with Crippen molar-refractivity contribution < 1.29 is 23.8 Å². The fourth-order valence-corrected chi connectivity index (χ4v) is 2.23. The van der Waals surface area contributed by atoms with E-state index in [1.54, 1.807) is 0 Å². The van der Waals surface area contributed by atoms with Crippen molar-refractivity contribution in [2.75, 3.05) is 12.9 Å². The number of rotatable bonds is 6. The van der Waals surface area contributed by atoms with E-state index in [1.807, 2.05) is 0 Å². The highest BCUT2D eigenvalue weighted by molar-refractivity contribution is 7.99. The van der Waals surface area contributed by atoms with E-state index in [0.29, 0.717) is 6.07 Å². The lowest BCUT2D eigenvalue weighted by Crippen LogP contribution is -2.02. The molecule has 1 aromatic carbocycles. The van der Waals surface area contributed by atoms with Crippen LogP contribution in [0.4, 0.5) is 15.8 Å². The molecule has 0 aliphatic rings. The van der Waals surface area contributed by atoms with E-state index < -0.39 is 33.0 Å². The van der Waals surface area contributed by atoms with E-state index in [-0.39, 0.29) is 17.1 Å². The lowest BCUT2D eigenvalue weighted by Gasteiger charge is -2.03. The molecular formula is C10H9FN2O6S. The van der Waals surface area contributed by atoms with Gasteiger partial charge in [0.25, 0.3) is 5.69 Å². The van der Waals surface area contributed by atoms with Crippen molar-refractivity contribution in [1.29, 1.82) is 0 Å². The SMILES string of the molecule is COC(=O)CCSc1cc(F)c([N+](=O)[O-])cc1[N+](=O)[O-]. The molecule has 10 heteroatoms. The fourth-order valence-electron chi connectivity index (χ4n) is 1.28. The Morgan fingerprint density at radius 3 is 2.40 bits per heavy atom. The molecule has 0 N–H and O–H groups in total. The third-order valence-electron chi connectivity index (χ3n) is 2.21. The lowest BCUT2D eigenvalue weighted by atomic mass is 10.2. The normalized spacial score (nSPS) is 10.1. The number of nitrogens with zero attached hydrogens (tertiary/aromatic N) is 2. The van der Waals surface area contributed by atoms with Gasteiger partial charge in [-0.05, 0) is 0 Å². The average Bonchev–Trinajstić information content (AvgIpc) is 2.37. The van der Waals surface area contributed by atoms with E-state index >= 15 is 0 Å². The minimum atomic E-state index is -1.17. The predicted octanol–water partition coefficient (Wildman–Crippen LogP) is 2.30. The molecule has 0 fully saturated rings. The smallest absolute Gasteiger partial charge is 0.311 e. The maximum atomic E-state index is 13.4. The molecule has 108 valence electrons. The van der Waals surface area contributed by atoms with Gasteiger partial charge in [-0.15, -0.1) is 11.8 Å². The number of hydrogen-bond acceptors (Lipinski definition) is 7. The first-order valence-corrected chi connectivity index (χ1v) is 6.17. The van der Waals surface area contributed by atoms with Gasteiger partial charge in [0.15, 0.2) is 0 Å². The molecule has 0 aromatic heterocycles. The van der Waals surface area contributed by atoms with Crippen molar-refractivity contribution in [2.24, 2.45) is 0 Å². The van der Waals surface area contributed by atoms with Crippen molar-refractivity contribution in [2.45, 2.75) is 11.3 Å². The molecule has 0 heterocycles. The molecule has 1 aromatic rings. The topological polar surface area (TPSA) is 113 Å². The number of nitro benzene ring substituents is 2. The quantitative estimate of drug-likeness (QED) is 0.343. The summed E-state index contributed by atoms with van der Waals surface area (Å²) >= 11 is 0.849. The number of ether oxygens (including phenoxy) is 1. The summed E-state index contributed by atoms with van der Waals surface area (Å²) in [5, 5.41) is 21.3. The molecule has 0 unspecified atom stereocenters. The fraction of sp³-hybridized carbons (Fsp3) is 0.300. The number of nitro groups is 2. The Morgan fingerprint density at radius 1 is 1.30 bits per heavy atom. The Hall–Kier alpha value is -2.23. The maximum absolute atomic E-state index is 13.4. The highest BCUT2D eigenvalue weighted by atomic mass is 32.2. The second-order valence-corrected chi connectivity index (χ2v) is 4.60. The second-order valence-electron chi connectivity index (χ2n) is 3.46. The number of thioether (sulfide) groups is 1. The average molecular weight is 304 g/mol. The Labute approximate surface area is 116 Å². The van der Waals surface area contributed by atoms with E-state index in [4.69, 9.17) is 0 Å². The summed E-state index contributed by atoms with van der Waals surface area (Å²) in [6.07, 6.45) is -0.0169. The lowest BCUT2D eigenvalue weighted by molar-refractivity contribution is -0.397. The minimum Gasteiger partial charge on any atom is -0.469 e. The summed E-state index contributed by atoms with van der Waals surface area (Å²) in [7, 11) is 1.20. The van der Waals surface area contributed by atoms with Crippen LogP contribution in [-0.2, 0) is 9.53 Å². The van der Waals surface area contributed by atoms with Gasteiger partial charge < -0.3 is 4.74 Å². The van der Waals surface area contributed by atoms with Gasteiger partial charge in [0, 0.05) is 11.8 Å². The van der Waals surface area contributed by atoms with Crippen LogP contribution in [0.25, 0.3) is 0 Å². The molecule has 0 amide bonds. The molecule has 0 atom stereocenters. The molecule has 0 aliphatic carbocycles. The van der Waals surface area contributed by atoms with Crippen LogP contribution in [0.3, 0.4) is 0 Å². The number of esters is 1. The van der Waals surface area contributed by atoms with E-state index in [0.717, 1.165) is 17.8 Å². The Balaban J connectivity index is 3.00. The minimum absolute atomic E-state index is 0.0169. The van der Waals surface area contributed by atoms with Gasteiger partial charge in [-0.1, -0.05) is 0 Å². The molecule has 0 radical (unpaired) electrons. The van der Waals surface area contributed by atoms with Gasteiger partial charge in [-0.3, -0.25) is 25.0 Å². The highest BCUT2D eigenvalue weighted by Crippen LogP contribution is 2.34. The van der Waals surface area contributed by atoms with Crippen LogP contribution in [0.5, 0.6) is 0 Å². The third kappa shape index (κ3) is 3.88. The summed E-state index contributed by atoms with van der Waals surface area (Å²) in [6.45, 7) is 0. The number of halogens is 1. The molecule has 0 aliphatic heterocycles. The molecular weight excluding hydrogens is 295 g/mol. The molecule has 0 saturated heterocycles. The van der Waals surface area contributed by atoms with Crippen LogP contribution < -0.4 is 0 Å². The highest BCUT2D eigenvalue weighted by Gasteiger charge is 2.25. The number of hydrogen-bond donors (Lipinski definition) is 0. The summed E-state index contributed by atoms with van der Waals surface area (Å²) in [5.74, 6) is -1.55. The maximum Gasteiger partial charge on any atom is 0.311 e. The van der Waals surface area contributed by atoms with E-state index in [1.165, 1.54) is 7.11 Å². The molecule has 0 bridgehead atoms. The Morgan fingerprint density at radius 2 is 1.90 bits per heavy atom. The van der Waals surface area contributed by atoms with Gasteiger partial charge in [0.05, 0.1) is 34.3 Å². The summed E-state index contributed by atoms with van der Waals surface area (Å²) in [6, 6.07) is 1.29. The van der Waals surface area contributed by atoms with Gasteiger partial charge in [0.1, 0.15) is 0 Å². The van der Waals surface area contributed by atoms with Crippen LogP contribution >= 0.6 is 11.8 Å². The first kappa shape index (κ1) is 15.8. The summed E-state index contributed by atoms with van der Waals surface area (Å²) < 4.78 is 17.8. The molecule has 20 heavy (non-hydrogen) atoms. The van der Waals surface area contributed by atoms with Crippen LogP contribution in [0.15, 0.2) is 17.0 Å². The van der Waals surface area contributed by atoms with Crippen molar-refractivity contribution >= 4 is 29.1 Å². The first-order chi connectivity index (χ1) is 9.36. The number of benzene rings is 1. The van der Waals surface area contributed by atoms with E-state index in [2.05, 4.69) is 4.74 Å². The molecule has 0 spiro atoms. The third-order valence-corrected chi connectivity index (χ3v) is 3.26. The van der Waals surface area contributed by atoms with Gasteiger partial charge in [-0.25, -0.2) is 0 Å². The number of methoxy groups -OCH3 is 1. The van der Waals surface area contributed by atoms with Crippen molar-refractivity contribution in [3.05, 3.63) is 38.2 Å². The zero-order chi connectivity index (χ0) is 15.3. The largest absolute Gasteiger partial charge is 0.469 e. The molecule has 1 rings (SSSR count). The van der Waals surface area contributed by atoms with Crippen molar-refractivity contribution in [3.63, 3.8) is 0 Å². The van der Waals surface area contributed by atoms with Crippen molar-refractivity contribution in [3.8, 4) is 0 Å². The second kappa shape index (κ2) is 6.80. The zero-order valence-electron chi connectivity index (χ0n) is 10.2. The van der Waals surface area contributed by atoms with Gasteiger partial charge >= 0.3 is 11.7 Å². The van der Waals surface area contributed by atoms with Crippen LogP contribution in [0.1, 0.15) is 6.42 Å². The van der Waals surface area contributed by atoms with Crippen LogP contribution in [0, 0.1) is 26.0 Å². The Kier molecular flexibility index (Phi) is 5.38. The summed E-state index contributed by atoms with van der Waals surface area (Å²) in [5.41, 5.74) is -1.54. The van der Waals surface area contributed by atoms with Crippen LogP contribution in [-0.4, -0.2) is 28.7 Å². The van der Waals surface area contributed by atoms with Gasteiger partial charge in [-0.2, -0.15) is 4.39 Å². The van der Waals surface area contributed by atoms with Crippen molar-refractivity contribution in [1.82, 2.24) is 0 Å². The molecule has 0 saturated carbocycles. The van der Waals surface area contributed by atoms with Gasteiger partial charge in [0.2, 0.25) is 5.82 Å². The molecule has 8 nitrogen and oxygen atoms in total. The number of carbonyl (C=O) groups is 1. The van der Waals surface area contributed by atoms with E-state index in [9.17, 15) is 29.4 Å². The van der Waals surface area contributed by atoms with Crippen LogP contribution in [0.2, 0.25) is 0 Å². The first-order valence-electron chi connectivity index (χ1n) is 5.18. The monoisotopic (exact) mass is 304 g/mol. The number of carbonyl (C=O) groups excluding carboxylic acids is 1. The standard InChI is InChI=1S/C10H9FN2O6S/c1-19-10(14)2-3-20-9-4-6(11)7(12(15)16)5-8(9)13(17)18/h4-5H,2-3H2,1H3. The zero-order valence-corrected chi connectivity index (χ0v) is 11.0. The summed E-state index contributed by atoms with van der Waals surface area (Å²) in [4.78, 5) is 30.3. The Bertz CT molecular complexity index is 565. The predicted molar refractivity (Wildman–Crippen MR) is 67.1 cm³/mol.